The van der Waals surface area contributed by atoms with Crippen LogP contribution in [0.5, 0.6) is 5.75 Å². The molecular weight excluding hydrogens is 336 g/mol. The molecule has 0 unspecified atom stereocenters. The second-order valence-electron chi connectivity index (χ2n) is 5.61. The van der Waals surface area contributed by atoms with Gasteiger partial charge in [0.05, 0.1) is 7.11 Å². The van der Waals surface area contributed by atoms with E-state index in [9.17, 15) is 4.79 Å². The molecule has 0 aliphatic carbocycles. The highest BCUT2D eigenvalue weighted by Gasteiger charge is 2.12. The topological polar surface area (TPSA) is 65.2 Å². The second kappa shape index (κ2) is 7.53. The van der Waals surface area contributed by atoms with Gasteiger partial charge in [-0.15, -0.1) is 10.2 Å². The molecular formula is C19H18N2O3S. The Morgan fingerprint density at radius 3 is 2.60 bits per heavy atom. The summed E-state index contributed by atoms with van der Waals surface area (Å²) in [5, 5.41) is 8.65. The first-order valence-electron chi connectivity index (χ1n) is 7.78. The van der Waals surface area contributed by atoms with E-state index in [4.69, 9.17) is 9.15 Å². The van der Waals surface area contributed by atoms with Crippen LogP contribution in [0.1, 0.15) is 28.4 Å². The van der Waals surface area contributed by atoms with Crippen molar-refractivity contribution in [3.8, 4) is 17.2 Å². The fourth-order valence-corrected chi connectivity index (χ4v) is 3.07. The second-order valence-corrected chi connectivity index (χ2v) is 6.54. The highest BCUT2D eigenvalue weighted by molar-refractivity contribution is 7.98. The molecule has 0 spiro atoms. The van der Waals surface area contributed by atoms with Gasteiger partial charge in [0.15, 0.2) is 5.78 Å². The molecule has 0 atom stereocenters. The molecule has 3 rings (SSSR count). The minimum absolute atomic E-state index is 0.0216. The third kappa shape index (κ3) is 4.09. The molecule has 0 aliphatic heterocycles. The summed E-state index contributed by atoms with van der Waals surface area (Å²) in [5.41, 5.74) is 3.63. The summed E-state index contributed by atoms with van der Waals surface area (Å²) in [6.07, 6.45) is 0. The zero-order valence-corrected chi connectivity index (χ0v) is 15.1. The minimum Gasteiger partial charge on any atom is -0.496 e. The molecule has 0 fully saturated rings. The predicted molar refractivity (Wildman–Crippen MR) is 97.0 cm³/mol. The Morgan fingerprint density at radius 1 is 1.16 bits per heavy atom. The van der Waals surface area contributed by atoms with E-state index in [1.54, 1.807) is 26.2 Å². The maximum absolute atomic E-state index is 11.6. The van der Waals surface area contributed by atoms with Crippen molar-refractivity contribution >= 4 is 17.5 Å². The molecule has 2 aromatic carbocycles. The van der Waals surface area contributed by atoms with E-state index in [1.807, 2.05) is 37.3 Å². The third-order valence-corrected chi connectivity index (χ3v) is 4.61. The Labute approximate surface area is 150 Å². The summed E-state index contributed by atoms with van der Waals surface area (Å²) in [7, 11) is 1.61. The van der Waals surface area contributed by atoms with Crippen LogP contribution in [-0.4, -0.2) is 23.1 Å². The molecule has 25 heavy (non-hydrogen) atoms. The van der Waals surface area contributed by atoms with Crippen molar-refractivity contribution in [1.29, 1.82) is 0 Å². The summed E-state index contributed by atoms with van der Waals surface area (Å²) in [6.45, 7) is 3.58. The van der Waals surface area contributed by atoms with Gasteiger partial charge in [-0.05, 0) is 44.2 Å². The van der Waals surface area contributed by atoms with Gasteiger partial charge < -0.3 is 9.15 Å². The Hall–Kier alpha value is -2.60. The standard InChI is InChI=1S/C19H18N2O3S/c1-12-4-6-14(7-5-12)18-20-21-19(24-18)25-11-16-10-15(13(2)22)8-9-17(16)23-3/h4-10H,11H2,1-3H3. The van der Waals surface area contributed by atoms with E-state index in [0.717, 1.165) is 16.9 Å². The third-order valence-electron chi connectivity index (χ3n) is 3.74. The van der Waals surface area contributed by atoms with Crippen LogP contribution in [0.3, 0.4) is 0 Å². The molecule has 0 amide bonds. The first-order valence-corrected chi connectivity index (χ1v) is 8.76. The van der Waals surface area contributed by atoms with Crippen molar-refractivity contribution in [3.63, 3.8) is 0 Å². The molecule has 0 saturated carbocycles. The molecule has 0 radical (unpaired) electrons. The predicted octanol–water partition coefficient (Wildman–Crippen LogP) is 4.55. The zero-order chi connectivity index (χ0) is 17.8. The van der Waals surface area contributed by atoms with Crippen LogP contribution in [0.15, 0.2) is 52.1 Å². The van der Waals surface area contributed by atoms with Crippen LogP contribution >= 0.6 is 11.8 Å². The molecule has 5 nitrogen and oxygen atoms in total. The fraction of sp³-hybridized carbons (Fsp3) is 0.211. The lowest BCUT2D eigenvalue weighted by molar-refractivity contribution is 0.101. The van der Waals surface area contributed by atoms with E-state index in [0.29, 0.717) is 22.4 Å². The molecule has 1 heterocycles. The minimum atomic E-state index is 0.0216. The smallest absolute Gasteiger partial charge is 0.277 e. The largest absolute Gasteiger partial charge is 0.496 e. The maximum atomic E-state index is 11.6. The number of ether oxygens (including phenoxy) is 1. The van der Waals surface area contributed by atoms with Crippen molar-refractivity contribution in [2.75, 3.05) is 7.11 Å². The highest BCUT2D eigenvalue weighted by Crippen LogP contribution is 2.30. The van der Waals surface area contributed by atoms with Crippen molar-refractivity contribution in [3.05, 3.63) is 59.2 Å². The molecule has 0 bridgehead atoms. The van der Waals surface area contributed by atoms with Gasteiger partial charge in [-0.25, -0.2) is 0 Å². The molecule has 3 aromatic rings. The average Bonchev–Trinajstić information content (AvgIpc) is 3.09. The molecule has 0 N–H and O–H groups in total. The van der Waals surface area contributed by atoms with Gasteiger partial charge in [0.1, 0.15) is 5.75 Å². The van der Waals surface area contributed by atoms with Crippen molar-refractivity contribution in [2.24, 2.45) is 0 Å². The van der Waals surface area contributed by atoms with Crippen LogP contribution in [0.2, 0.25) is 0 Å². The van der Waals surface area contributed by atoms with E-state index in [-0.39, 0.29) is 5.78 Å². The quantitative estimate of drug-likeness (QED) is 0.478. The number of ketones is 1. The van der Waals surface area contributed by atoms with Gasteiger partial charge in [0.25, 0.3) is 5.22 Å². The van der Waals surface area contributed by atoms with Crippen molar-refractivity contribution in [1.82, 2.24) is 10.2 Å². The maximum Gasteiger partial charge on any atom is 0.277 e. The van der Waals surface area contributed by atoms with Crippen LogP contribution in [-0.2, 0) is 5.75 Å². The number of rotatable bonds is 6. The Morgan fingerprint density at radius 2 is 1.92 bits per heavy atom. The number of aryl methyl sites for hydroxylation is 1. The van der Waals surface area contributed by atoms with Crippen molar-refractivity contribution < 1.29 is 13.9 Å². The van der Waals surface area contributed by atoms with Crippen LogP contribution < -0.4 is 4.74 Å². The molecule has 128 valence electrons. The van der Waals surface area contributed by atoms with Gasteiger partial charge in [0, 0.05) is 22.4 Å². The van der Waals surface area contributed by atoms with Gasteiger partial charge in [0.2, 0.25) is 5.89 Å². The number of thioether (sulfide) groups is 1. The summed E-state index contributed by atoms with van der Waals surface area (Å²) < 4.78 is 11.1. The highest BCUT2D eigenvalue weighted by atomic mass is 32.2. The SMILES string of the molecule is COc1ccc(C(C)=O)cc1CSc1nnc(-c2ccc(C)cc2)o1. The number of benzene rings is 2. The lowest BCUT2D eigenvalue weighted by Gasteiger charge is -2.08. The Balaban J connectivity index is 1.75. The van der Waals surface area contributed by atoms with E-state index >= 15 is 0 Å². The number of hydrogen-bond acceptors (Lipinski definition) is 6. The van der Waals surface area contributed by atoms with Gasteiger partial charge in [-0.2, -0.15) is 0 Å². The number of carbonyl (C=O) groups is 1. The van der Waals surface area contributed by atoms with Crippen molar-refractivity contribution in [2.45, 2.75) is 24.8 Å². The molecule has 0 aliphatic rings. The zero-order valence-electron chi connectivity index (χ0n) is 14.3. The Bertz CT molecular complexity index is 888. The first-order chi connectivity index (χ1) is 12.1. The number of methoxy groups -OCH3 is 1. The number of aromatic nitrogens is 2. The van der Waals surface area contributed by atoms with Gasteiger partial charge >= 0.3 is 0 Å². The molecule has 1 aromatic heterocycles. The first kappa shape index (κ1) is 17.2. The lowest BCUT2D eigenvalue weighted by Crippen LogP contribution is -1.96. The number of hydrogen-bond donors (Lipinski definition) is 0. The summed E-state index contributed by atoms with van der Waals surface area (Å²) >= 11 is 1.41. The van der Waals surface area contributed by atoms with Crippen LogP contribution in [0.4, 0.5) is 0 Å². The summed E-state index contributed by atoms with van der Waals surface area (Å²) in [5.74, 6) is 1.82. The number of carbonyl (C=O) groups excluding carboxylic acids is 1. The number of nitrogens with zero attached hydrogens (tertiary/aromatic N) is 2. The van der Waals surface area contributed by atoms with Gasteiger partial charge in [-0.1, -0.05) is 29.5 Å². The lowest BCUT2D eigenvalue weighted by atomic mass is 10.1. The normalized spacial score (nSPS) is 10.7. The van der Waals surface area contributed by atoms with E-state index in [1.165, 1.54) is 17.3 Å². The summed E-state index contributed by atoms with van der Waals surface area (Å²) in [4.78, 5) is 11.6. The van der Waals surface area contributed by atoms with Crippen LogP contribution in [0, 0.1) is 6.92 Å². The molecule has 0 saturated heterocycles. The monoisotopic (exact) mass is 354 g/mol. The van der Waals surface area contributed by atoms with Crippen LogP contribution in [0.25, 0.3) is 11.5 Å². The van der Waals surface area contributed by atoms with Gasteiger partial charge in [-0.3, -0.25) is 4.79 Å². The summed E-state index contributed by atoms with van der Waals surface area (Å²) in [6, 6.07) is 13.3. The number of Topliss-reactive ketones (excluding diaryl/α,β-unsaturated/α-hetero) is 1. The fourth-order valence-electron chi connectivity index (χ4n) is 2.33. The van der Waals surface area contributed by atoms with E-state index < -0.39 is 0 Å². The average molecular weight is 354 g/mol. The van der Waals surface area contributed by atoms with E-state index in [2.05, 4.69) is 10.2 Å². The Kier molecular flexibility index (Phi) is 5.19. The molecule has 6 heteroatoms.